The molecule has 0 atom stereocenters. The summed E-state index contributed by atoms with van der Waals surface area (Å²) in [7, 11) is 0. The fourth-order valence-corrected chi connectivity index (χ4v) is 1.93. The van der Waals surface area contributed by atoms with E-state index in [4.69, 9.17) is 4.74 Å². The van der Waals surface area contributed by atoms with Crippen LogP contribution in [0.15, 0.2) is 30.3 Å². The minimum absolute atomic E-state index is 0.167. The van der Waals surface area contributed by atoms with Gasteiger partial charge in [0.1, 0.15) is 10.7 Å². The number of rotatable bonds is 3. The van der Waals surface area contributed by atoms with Crippen molar-refractivity contribution < 1.29 is 23.1 Å². The summed E-state index contributed by atoms with van der Waals surface area (Å²) >= 11 is 0.930. The van der Waals surface area contributed by atoms with Crippen LogP contribution in [0.3, 0.4) is 0 Å². The van der Waals surface area contributed by atoms with Crippen molar-refractivity contribution in [2.75, 3.05) is 0 Å². The number of ether oxygens (including phenoxy) is 1. The molecule has 0 radical (unpaired) electrons. The second kappa shape index (κ2) is 5.05. The van der Waals surface area contributed by atoms with Gasteiger partial charge in [-0.15, -0.1) is 11.3 Å². The molecule has 6 heteroatoms. The lowest BCUT2D eigenvalue weighted by Gasteiger charge is -2.03. The van der Waals surface area contributed by atoms with Crippen molar-refractivity contribution in [3.63, 3.8) is 0 Å². The van der Waals surface area contributed by atoms with Gasteiger partial charge in [0, 0.05) is 6.07 Å². The largest absolute Gasteiger partial charge is 0.419 e. The second-order valence-electron chi connectivity index (χ2n) is 3.28. The Morgan fingerprint density at radius 1 is 1.22 bits per heavy atom. The molecule has 0 aliphatic rings. The lowest BCUT2D eigenvalue weighted by atomic mass is 10.3. The van der Waals surface area contributed by atoms with Crippen molar-refractivity contribution in [3.05, 3.63) is 51.7 Å². The molecule has 0 saturated carbocycles. The van der Waals surface area contributed by atoms with Crippen molar-refractivity contribution in [2.24, 2.45) is 0 Å². The van der Waals surface area contributed by atoms with Gasteiger partial charge >= 0.3 is 5.97 Å². The molecule has 0 spiro atoms. The van der Waals surface area contributed by atoms with Gasteiger partial charge in [0.25, 0.3) is 0 Å². The second-order valence-corrected chi connectivity index (χ2v) is 4.40. The van der Waals surface area contributed by atoms with Gasteiger partial charge < -0.3 is 4.74 Å². The molecule has 2 aromatic rings. The number of esters is 1. The van der Waals surface area contributed by atoms with Crippen LogP contribution in [0.2, 0.25) is 0 Å². The Morgan fingerprint density at radius 3 is 2.61 bits per heavy atom. The molecule has 92 valence electrons. The zero-order valence-corrected chi connectivity index (χ0v) is 9.67. The number of thiophene rings is 1. The summed E-state index contributed by atoms with van der Waals surface area (Å²) in [5.74, 6) is -2.87. The van der Waals surface area contributed by atoms with Crippen LogP contribution in [-0.2, 0) is 0 Å². The number of benzene rings is 1. The highest BCUT2D eigenvalue weighted by atomic mass is 32.1. The smallest absolute Gasteiger partial charge is 0.353 e. The summed E-state index contributed by atoms with van der Waals surface area (Å²) in [5, 5.41) is 0. The first-order valence-corrected chi connectivity index (χ1v) is 5.64. The normalized spacial score (nSPS) is 10.1. The van der Waals surface area contributed by atoms with Crippen molar-refractivity contribution in [1.29, 1.82) is 0 Å². The van der Waals surface area contributed by atoms with E-state index in [-0.39, 0.29) is 10.6 Å². The summed E-state index contributed by atoms with van der Waals surface area (Å²) in [5.41, 5.74) is 0. The first kappa shape index (κ1) is 12.4. The highest BCUT2D eigenvalue weighted by Crippen LogP contribution is 2.21. The summed E-state index contributed by atoms with van der Waals surface area (Å²) in [6.45, 7) is 0. The Bertz CT molecular complexity index is 607. The van der Waals surface area contributed by atoms with Gasteiger partial charge in [-0.05, 0) is 24.3 Å². The third-order valence-corrected chi connectivity index (χ3v) is 3.03. The summed E-state index contributed by atoms with van der Waals surface area (Å²) in [6.07, 6.45) is 0.597. The summed E-state index contributed by atoms with van der Waals surface area (Å²) < 4.78 is 30.6. The Balaban J connectivity index is 2.18. The van der Waals surface area contributed by atoms with Crippen molar-refractivity contribution in [1.82, 2.24) is 0 Å². The molecular weight excluding hydrogens is 262 g/mol. The highest BCUT2D eigenvalue weighted by Gasteiger charge is 2.14. The number of carbonyl (C=O) groups is 2. The molecule has 0 aliphatic heterocycles. The number of hydrogen-bond donors (Lipinski definition) is 0. The van der Waals surface area contributed by atoms with Crippen LogP contribution in [0.4, 0.5) is 8.78 Å². The van der Waals surface area contributed by atoms with Crippen LogP contribution < -0.4 is 4.74 Å². The number of halogens is 2. The van der Waals surface area contributed by atoms with Gasteiger partial charge in [0.15, 0.2) is 17.9 Å². The number of aldehydes is 1. The SMILES string of the molecule is O=Cc1ccc(C(=O)Oc2ccc(F)cc2F)s1. The lowest BCUT2D eigenvalue weighted by Crippen LogP contribution is -2.07. The lowest BCUT2D eigenvalue weighted by molar-refractivity contribution is 0.0732. The Hall–Kier alpha value is -2.08. The topological polar surface area (TPSA) is 43.4 Å². The molecule has 3 nitrogen and oxygen atoms in total. The average Bonchev–Trinajstić information content (AvgIpc) is 2.81. The first-order chi connectivity index (χ1) is 8.60. The van der Waals surface area contributed by atoms with Gasteiger partial charge in [-0.1, -0.05) is 0 Å². The maximum Gasteiger partial charge on any atom is 0.353 e. The molecule has 2 rings (SSSR count). The molecule has 1 aromatic heterocycles. The van der Waals surface area contributed by atoms with Gasteiger partial charge in [-0.25, -0.2) is 13.6 Å². The molecular formula is C12H6F2O3S. The predicted octanol–water partition coefficient (Wildman–Crippen LogP) is 3.06. The molecule has 18 heavy (non-hydrogen) atoms. The molecule has 0 amide bonds. The summed E-state index contributed by atoms with van der Waals surface area (Å²) in [4.78, 5) is 22.6. The summed E-state index contributed by atoms with van der Waals surface area (Å²) in [6, 6.07) is 5.48. The van der Waals surface area contributed by atoms with E-state index < -0.39 is 17.6 Å². The zero-order chi connectivity index (χ0) is 13.1. The monoisotopic (exact) mass is 268 g/mol. The van der Waals surface area contributed by atoms with Crippen molar-refractivity contribution in [2.45, 2.75) is 0 Å². The maximum absolute atomic E-state index is 13.2. The molecule has 1 aromatic carbocycles. The molecule has 0 unspecified atom stereocenters. The average molecular weight is 268 g/mol. The van der Waals surface area contributed by atoms with E-state index in [1.54, 1.807) is 0 Å². The van der Waals surface area contributed by atoms with Crippen LogP contribution in [0.25, 0.3) is 0 Å². The molecule has 0 fully saturated rings. The van der Waals surface area contributed by atoms with E-state index in [1.807, 2.05) is 0 Å². The molecule has 0 saturated heterocycles. The Morgan fingerprint density at radius 2 is 2.00 bits per heavy atom. The molecule has 0 bridgehead atoms. The van der Waals surface area contributed by atoms with Gasteiger partial charge in [0.2, 0.25) is 0 Å². The zero-order valence-electron chi connectivity index (χ0n) is 8.85. The third-order valence-electron chi connectivity index (χ3n) is 2.04. The minimum atomic E-state index is -0.962. The third kappa shape index (κ3) is 2.60. The molecule has 0 N–H and O–H groups in total. The van der Waals surface area contributed by atoms with E-state index in [9.17, 15) is 18.4 Å². The van der Waals surface area contributed by atoms with Crippen molar-refractivity contribution in [3.8, 4) is 5.75 Å². The van der Waals surface area contributed by atoms with E-state index in [0.29, 0.717) is 17.2 Å². The van der Waals surface area contributed by atoms with E-state index in [2.05, 4.69) is 0 Å². The molecule has 1 heterocycles. The quantitative estimate of drug-likeness (QED) is 0.488. The van der Waals surface area contributed by atoms with Crippen LogP contribution in [0, 0.1) is 11.6 Å². The minimum Gasteiger partial charge on any atom is -0.419 e. The molecule has 0 aliphatic carbocycles. The number of carbonyl (C=O) groups excluding carboxylic acids is 2. The fourth-order valence-electron chi connectivity index (χ4n) is 1.23. The van der Waals surface area contributed by atoms with Crippen LogP contribution in [-0.4, -0.2) is 12.3 Å². The standard InChI is InChI=1S/C12H6F2O3S/c13-7-1-3-10(9(14)5-7)17-12(16)11-4-2-8(6-15)18-11/h1-6H. The van der Waals surface area contributed by atoms with E-state index >= 15 is 0 Å². The maximum atomic E-state index is 13.2. The number of hydrogen-bond acceptors (Lipinski definition) is 4. The van der Waals surface area contributed by atoms with Gasteiger partial charge in [-0.3, -0.25) is 4.79 Å². The van der Waals surface area contributed by atoms with Gasteiger partial charge in [0.05, 0.1) is 4.88 Å². The Kier molecular flexibility index (Phi) is 3.47. The first-order valence-electron chi connectivity index (χ1n) is 4.82. The van der Waals surface area contributed by atoms with Crippen LogP contribution >= 0.6 is 11.3 Å². The van der Waals surface area contributed by atoms with Crippen LogP contribution in [0.1, 0.15) is 19.3 Å². The predicted molar refractivity (Wildman–Crippen MR) is 61.0 cm³/mol. The van der Waals surface area contributed by atoms with Crippen molar-refractivity contribution >= 4 is 23.6 Å². The fraction of sp³-hybridized carbons (Fsp3) is 0. The van der Waals surface area contributed by atoms with E-state index in [1.165, 1.54) is 12.1 Å². The van der Waals surface area contributed by atoms with E-state index in [0.717, 1.165) is 23.5 Å². The van der Waals surface area contributed by atoms with Crippen LogP contribution in [0.5, 0.6) is 5.75 Å². The Labute approximate surface area is 105 Å². The highest BCUT2D eigenvalue weighted by molar-refractivity contribution is 7.15. The van der Waals surface area contributed by atoms with Gasteiger partial charge in [-0.2, -0.15) is 0 Å².